The molecule has 30 heavy (non-hydrogen) atoms. The molecule has 1 heterocycles. The minimum absolute atomic E-state index is 0.0124. The average molecular weight is 450 g/mol. The zero-order valence-corrected chi connectivity index (χ0v) is 17.8. The number of carbonyl (C=O) groups excluding carboxylic acids is 2. The van der Waals surface area contributed by atoms with E-state index in [-0.39, 0.29) is 30.1 Å². The van der Waals surface area contributed by atoms with Gasteiger partial charge in [0.2, 0.25) is 5.91 Å². The molecule has 0 aliphatic carbocycles. The van der Waals surface area contributed by atoms with Crippen LogP contribution < -0.4 is 5.32 Å². The van der Waals surface area contributed by atoms with Gasteiger partial charge < -0.3 is 10.1 Å². The highest BCUT2D eigenvalue weighted by Crippen LogP contribution is 2.36. The average Bonchev–Trinajstić information content (AvgIpc) is 3.06. The second kappa shape index (κ2) is 9.36. The van der Waals surface area contributed by atoms with Crippen molar-refractivity contribution in [3.05, 3.63) is 59.9 Å². The van der Waals surface area contributed by atoms with Gasteiger partial charge in [-0.25, -0.2) is 17.6 Å². The van der Waals surface area contributed by atoms with E-state index in [1.54, 1.807) is 19.1 Å². The molecule has 3 rings (SSSR count). The number of ether oxygens (including phenoxy) is 1. The van der Waals surface area contributed by atoms with E-state index in [1.165, 1.54) is 23.5 Å². The van der Waals surface area contributed by atoms with E-state index in [0.29, 0.717) is 16.0 Å². The molecule has 0 spiro atoms. The first-order chi connectivity index (χ1) is 14.3. The van der Waals surface area contributed by atoms with E-state index < -0.39 is 27.5 Å². The van der Waals surface area contributed by atoms with Crippen LogP contribution in [0.4, 0.5) is 9.39 Å². The molecule has 1 aromatic heterocycles. The van der Waals surface area contributed by atoms with E-state index >= 15 is 0 Å². The van der Waals surface area contributed by atoms with Crippen LogP contribution in [0, 0.1) is 5.82 Å². The Bertz CT molecular complexity index is 1170. The van der Waals surface area contributed by atoms with Crippen molar-refractivity contribution in [1.82, 2.24) is 0 Å². The molecular weight excluding hydrogens is 429 g/mol. The smallest absolute Gasteiger partial charge is 0.341 e. The molecule has 6 nitrogen and oxygen atoms in total. The first-order valence-corrected chi connectivity index (χ1v) is 11.8. The Balaban J connectivity index is 1.68. The molecule has 0 saturated heterocycles. The second-order valence-corrected chi connectivity index (χ2v) is 9.61. The van der Waals surface area contributed by atoms with Crippen LogP contribution in [-0.2, 0) is 19.4 Å². The first kappa shape index (κ1) is 21.9. The van der Waals surface area contributed by atoms with Gasteiger partial charge in [0.15, 0.2) is 9.84 Å². The van der Waals surface area contributed by atoms with Crippen molar-refractivity contribution in [3.8, 4) is 0 Å². The standard InChI is InChI=1S/C21H20FNO5S2/c1-2-28-21(25)19-16-6-3-4-7-17(16)29-20(19)23-18(24)8-5-13-30(26,27)15-11-9-14(22)10-12-15/h3-4,6-7,9-12H,2,5,8,13H2,1H3,(H,23,24). The maximum Gasteiger partial charge on any atom is 0.341 e. The number of amides is 1. The second-order valence-electron chi connectivity index (χ2n) is 6.45. The molecule has 0 saturated carbocycles. The third kappa shape index (κ3) is 5.03. The fraction of sp³-hybridized carbons (Fsp3) is 0.238. The van der Waals surface area contributed by atoms with Crippen molar-refractivity contribution in [1.29, 1.82) is 0 Å². The van der Waals surface area contributed by atoms with Crippen molar-refractivity contribution in [2.45, 2.75) is 24.7 Å². The van der Waals surface area contributed by atoms with E-state index in [2.05, 4.69) is 5.32 Å². The molecule has 0 aliphatic rings. The lowest BCUT2D eigenvalue weighted by Gasteiger charge is -2.07. The Kier molecular flexibility index (Phi) is 6.84. The van der Waals surface area contributed by atoms with Gasteiger partial charge in [0.1, 0.15) is 16.4 Å². The third-order valence-electron chi connectivity index (χ3n) is 4.32. The van der Waals surface area contributed by atoms with Crippen molar-refractivity contribution in [3.63, 3.8) is 0 Å². The normalized spacial score (nSPS) is 11.4. The molecule has 3 aromatic rings. The summed E-state index contributed by atoms with van der Waals surface area (Å²) in [5.41, 5.74) is 0.296. The fourth-order valence-corrected chi connectivity index (χ4v) is 5.33. The van der Waals surface area contributed by atoms with Gasteiger partial charge in [-0.2, -0.15) is 0 Å². The monoisotopic (exact) mass is 449 g/mol. The number of hydrogen-bond acceptors (Lipinski definition) is 6. The van der Waals surface area contributed by atoms with Crippen LogP contribution >= 0.6 is 11.3 Å². The molecule has 0 atom stereocenters. The number of halogens is 1. The number of nitrogens with one attached hydrogen (secondary N) is 1. The van der Waals surface area contributed by atoms with Crippen LogP contribution in [0.1, 0.15) is 30.1 Å². The summed E-state index contributed by atoms with van der Waals surface area (Å²) in [6.07, 6.45) is 0.0438. The molecule has 0 aliphatic heterocycles. The molecule has 0 unspecified atom stereocenters. The highest BCUT2D eigenvalue weighted by Gasteiger charge is 2.22. The summed E-state index contributed by atoms with van der Waals surface area (Å²) in [7, 11) is -3.61. The molecular formula is C21H20FNO5S2. The van der Waals surface area contributed by atoms with Crippen molar-refractivity contribution in [2.24, 2.45) is 0 Å². The summed E-state index contributed by atoms with van der Waals surface area (Å²) in [5, 5.41) is 3.77. The molecule has 2 aromatic carbocycles. The number of benzene rings is 2. The van der Waals surface area contributed by atoms with Gasteiger partial charge in [0, 0.05) is 16.5 Å². The number of esters is 1. The predicted octanol–water partition coefficient (Wildman–Crippen LogP) is 4.41. The van der Waals surface area contributed by atoms with Crippen LogP contribution in [-0.4, -0.2) is 32.7 Å². The van der Waals surface area contributed by atoms with E-state index in [1.807, 2.05) is 12.1 Å². The van der Waals surface area contributed by atoms with Gasteiger partial charge in [0.05, 0.1) is 17.3 Å². The van der Waals surface area contributed by atoms with E-state index in [4.69, 9.17) is 4.74 Å². The molecule has 158 valence electrons. The van der Waals surface area contributed by atoms with Gasteiger partial charge in [-0.15, -0.1) is 11.3 Å². The largest absolute Gasteiger partial charge is 0.462 e. The Morgan fingerprint density at radius 2 is 1.80 bits per heavy atom. The fourth-order valence-electron chi connectivity index (χ4n) is 2.91. The Morgan fingerprint density at radius 3 is 2.50 bits per heavy atom. The van der Waals surface area contributed by atoms with Gasteiger partial charge >= 0.3 is 5.97 Å². The summed E-state index contributed by atoms with van der Waals surface area (Å²) >= 11 is 1.26. The number of carbonyl (C=O) groups is 2. The number of hydrogen-bond donors (Lipinski definition) is 1. The van der Waals surface area contributed by atoms with E-state index in [0.717, 1.165) is 16.8 Å². The third-order valence-corrected chi connectivity index (χ3v) is 7.22. The Labute approximate surface area is 177 Å². The van der Waals surface area contributed by atoms with Crippen LogP contribution in [0.15, 0.2) is 53.4 Å². The van der Waals surface area contributed by atoms with Crippen LogP contribution in [0.3, 0.4) is 0 Å². The molecule has 9 heteroatoms. The summed E-state index contributed by atoms with van der Waals surface area (Å²) in [4.78, 5) is 24.8. The van der Waals surface area contributed by atoms with Gasteiger partial charge in [-0.1, -0.05) is 18.2 Å². The van der Waals surface area contributed by atoms with Crippen molar-refractivity contribution >= 4 is 48.1 Å². The lowest BCUT2D eigenvalue weighted by Crippen LogP contribution is -2.16. The van der Waals surface area contributed by atoms with Crippen LogP contribution in [0.5, 0.6) is 0 Å². The highest BCUT2D eigenvalue weighted by atomic mass is 32.2. The molecule has 0 bridgehead atoms. The zero-order valence-electron chi connectivity index (χ0n) is 16.2. The SMILES string of the molecule is CCOC(=O)c1c(NC(=O)CCCS(=O)(=O)c2ccc(F)cc2)sc2ccccc12. The number of fused-ring (bicyclic) bond motifs is 1. The topological polar surface area (TPSA) is 89.5 Å². The summed E-state index contributed by atoms with van der Waals surface area (Å²) in [5.74, 6) is -1.69. The summed E-state index contributed by atoms with van der Waals surface area (Å²) in [6, 6.07) is 11.8. The maximum atomic E-state index is 13.0. The Hall–Kier alpha value is -2.78. The molecule has 1 amide bonds. The van der Waals surface area contributed by atoms with Crippen LogP contribution in [0.25, 0.3) is 10.1 Å². The Morgan fingerprint density at radius 1 is 1.10 bits per heavy atom. The minimum atomic E-state index is -3.61. The highest BCUT2D eigenvalue weighted by molar-refractivity contribution is 7.91. The molecule has 0 radical (unpaired) electrons. The minimum Gasteiger partial charge on any atom is -0.462 e. The van der Waals surface area contributed by atoms with Crippen LogP contribution in [0.2, 0.25) is 0 Å². The summed E-state index contributed by atoms with van der Waals surface area (Å²) in [6.45, 7) is 1.91. The zero-order chi connectivity index (χ0) is 21.7. The number of rotatable bonds is 8. The number of sulfone groups is 1. The van der Waals surface area contributed by atoms with Crippen molar-refractivity contribution < 1.29 is 27.1 Å². The lowest BCUT2D eigenvalue weighted by molar-refractivity contribution is -0.116. The molecule has 1 N–H and O–H groups in total. The van der Waals surface area contributed by atoms with Gasteiger partial charge in [0.25, 0.3) is 0 Å². The quantitative estimate of drug-likeness (QED) is 0.406. The first-order valence-electron chi connectivity index (χ1n) is 9.28. The van der Waals surface area contributed by atoms with Gasteiger partial charge in [-0.05, 0) is 43.7 Å². The van der Waals surface area contributed by atoms with Gasteiger partial charge in [-0.3, -0.25) is 4.79 Å². The maximum absolute atomic E-state index is 13.0. The predicted molar refractivity (Wildman–Crippen MR) is 114 cm³/mol. The summed E-state index contributed by atoms with van der Waals surface area (Å²) < 4.78 is 43.5. The lowest BCUT2D eigenvalue weighted by atomic mass is 10.1. The van der Waals surface area contributed by atoms with E-state index in [9.17, 15) is 22.4 Å². The van der Waals surface area contributed by atoms with Crippen molar-refractivity contribution in [2.75, 3.05) is 17.7 Å². The number of anilines is 1. The number of thiophene rings is 1. The molecule has 0 fully saturated rings.